The zero-order valence-corrected chi connectivity index (χ0v) is 31.4. The lowest BCUT2D eigenvalue weighted by Crippen LogP contribution is -2.70. The van der Waals surface area contributed by atoms with Gasteiger partial charge in [0, 0.05) is 45.7 Å². The highest BCUT2D eigenvalue weighted by Gasteiger charge is 2.61. The molecule has 7 atom stereocenters. The number of phenols is 1. The first-order chi connectivity index (χ1) is 25.6. The van der Waals surface area contributed by atoms with Crippen LogP contribution >= 0.6 is 11.8 Å². The van der Waals surface area contributed by atoms with Gasteiger partial charge in [0.05, 0.1) is 32.3 Å². The summed E-state index contributed by atoms with van der Waals surface area (Å²) in [4.78, 5) is 19.1. The van der Waals surface area contributed by atoms with E-state index in [9.17, 15) is 15.0 Å². The van der Waals surface area contributed by atoms with E-state index in [1.54, 1.807) is 26.0 Å². The number of furan rings is 1. The maximum absolute atomic E-state index is 14.7. The van der Waals surface area contributed by atoms with E-state index in [2.05, 4.69) is 35.0 Å². The Hall–Kier alpha value is -4.14. The molecular weight excluding hydrogens is 699 g/mol. The Morgan fingerprint density at radius 2 is 1.83 bits per heavy atom. The predicted molar refractivity (Wildman–Crippen MR) is 196 cm³/mol. The van der Waals surface area contributed by atoms with Crippen molar-refractivity contribution in [2.45, 2.75) is 74.8 Å². The van der Waals surface area contributed by atoms with Crippen molar-refractivity contribution >= 4 is 28.7 Å². The molecule has 12 nitrogen and oxygen atoms in total. The maximum Gasteiger partial charge on any atom is 0.335 e. The van der Waals surface area contributed by atoms with E-state index in [4.69, 9.17) is 28.1 Å². The summed E-state index contributed by atoms with van der Waals surface area (Å²) in [5.41, 5.74) is 7.08. The summed E-state index contributed by atoms with van der Waals surface area (Å²) in [5.74, 6) is 3.07. The van der Waals surface area contributed by atoms with Crippen LogP contribution in [0.4, 0.5) is 0 Å². The number of aliphatic hydroxyl groups excluding tert-OH is 1. The van der Waals surface area contributed by atoms with Crippen LogP contribution in [0.2, 0.25) is 0 Å². The number of hydrogen-bond donors (Lipinski definition) is 3. The Kier molecular flexibility index (Phi) is 7.37. The number of carbonyl (C=O) groups is 1. The van der Waals surface area contributed by atoms with Crippen molar-refractivity contribution in [3.05, 3.63) is 74.5 Å². The molecule has 278 valence electrons. The van der Waals surface area contributed by atoms with Crippen molar-refractivity contribution in [3.63, 3.8) is 0 Å². The van der Waals surface area contributed by atoms with E-state index in [0.29, 0.717) is 48.0 Å². The van der Waals surface area contributed by atoms with Gasteiger partial charge in [-0.05, 0) is 86.7 Å². The van der Waals surface area contributed by atoms with Crippen molar-refractivity contribution in [1.29, 1.82) is 0 Å². The van der Waals surface area contributed by atoms with E-state index in [1.165, 1.54) is 0 Å². The van der Waals surface area contributed by atoms with Gasteiger partial charge in [-0.1, -0.05) is 6.07 Å². The summed E-state index contributed by atoms with van der Waals surface area (Å²) in [6.45, 7) is 6.72. The predicted octanol–water partition coefficient (Wildman–Crippen LogP) is 4.84. The smallest absolute Gasteiger partial charge is 0.335 e. The van der Waals surface area contributed by atoms with Crippen LogP contribution in [-0.2, 0) is 27.9 Å². The second-order valence-electron chi connectivity index (χ2n) is 15.2. The number of methoxy groups -OCH3 is 2. The molecule has 0 saturated carbocycles. The average molecular weight is 742 g/mol. The molecule has 53 heavy (non-hydrogen) atoms. The quantitative estimate of drug-likeness (QED) is 0.242. The Bertz CT molecular complexity index is 2240. The molecule has 1 spiro atoms. The molecule has 13 heteroatoms. The molecule has 7 aliphatic heterocycles. The van der Waals surface area contributed by atoms with Gasteiger partial charge in [0.1, 0.15) is 29.9 Å². The number of aliphatic hydroxyl groups is 1. The number of ether oxygens (including phenoxy) is 5. The zero-order chi connectivity index (χ0) is 36.7. The minimum absolute atomic E-state index is 0.0406. The fraction of sp³-hybridized carbons (Fsp3) is 0.475. The summed E-state index contributed by atoms with van der Waals surface area (Å²) < 4.78 is 36.7. The van der Waals surface area contributed by atoms with Crippen molar-refractivity contribution in [1.82, 2.24) is 15.1 Å². The third-order valence-electron chi connectivity index (χ3n) is 12.9. The van der Waals surface area contributed by atoms with Crippen LogP contribution in [0.3, 0.4) is 0 Å². The summed E-state index contributed by atoms with van der Waals surface area (Å²) >= 11 is 1.65. The molecule has 0 aliphatic carbocycles. The van der Waals surface area contributed by atoms with Crippen LogP contribution < -0.4 is 24.3 Å². The molecule has 4 bridgehead atoms. The molecule has 2 fully saturated rings. The van der Waals surface area contributed by atoms with Gasteiger partial charge in [-0.15, -0.1) is 11.8 Å². The largest absolute Gasteiger partial charge is 0.504 e. The van der Waals surface area contributed by atoms with E-state index in [-0.39, 0.29) is 48.3 Å². The van der Waals surface area contributed by atoms with Crippen molar-refractivity contribution in [3.8, 4) is 28.7 Å². The summed E-state index contributed by atoms with van der Waals surface area (Å²) in [6.07, 6.45) is 0.288. The highest BCUT2D eigenvalue weighted by molar-refractivity contribution is 7.99. The minimum Gasteiger partial charge on any atom is -0.504 e. The van der Waals surface area contributed by atoms with Gasteiger partial charge in [-0.25, -0.2) is 4.79 Å². The standard InChI is InChI=1S/C40H43N3O9S/c1-17-11-20-12-24-38(45)43-25-14-49-39(46)40(37-22(9-10-41-40)23-13-21(47-5)7-8-26(23)52-37)15-53-36(27-18(2)19(3)34-35(29(25)27)51-16-50-34)31(43)30(42(24)4)28(20)32(44)33(17)48-6/h7-8,11,13,24-25,30-31,36,38,41,44-45H,9-10,12,14-16H2,1-6H3/t24-,25-,30+,31+,36+,38-,40+/m0/s1. The van der Waals surface area contributed by atoms with Gasteiger partial charge >= 0.3 is 5.97 Å². The fourth-order valence-electron chi connectivity index (χ4n) is 10.4. The first-order valence-electron chi connectivity index (χ1n) is 18.2. The van der Waals surface area contributed by atoms with Crippen LogP contribution in [0.15, 0.2) is 28.7 Å². The Labute approximate surface area is 311 Å². The van der Waals surface area contributed by atoms with Crippen molar-refractivity contribution in [2.24, 2.45) is 0 Å². The Morgan fingerprint density at radius 1 is 1.02 bits per heavy atom. The SMILES string of the molecule is COc1ccc2oc3c(c2c1)CCN[C@]31CS[C@@H]2c3c(C)c(C)c4c(c3[C@H](COC1=O)N1[C@@H]2[C@H]2c3c(cc(C)c(OC)c3O)C[C@@H]([C@@H]1O)N2C)OCO4. The molecule has 3 N–H and O–H groups in total. The van der Waals surface area contributed by atoms with Gasteiger partial charge in [0.15, 0.2) is 28.5 Å². The fourth-order valence-corrected chi connectivity index (χ4v) is 12.1. The van der Waals surface area contributed by atoms with E-state index >= 15 is 0 Å². The molecule has 2 saturated heterocycles. The van der Waals surface area contributed by atoms with E-state index in [0.717, 1.165) is 55.6 Å². The average Bonchev–Trinajstić information content (AvgIpc) is 3.79. The molecule has 11 rings (SSSR count). The molecule has 3 aromatic carbocycles. The maximum atomic E-state index is 14.7. The monoisotopic (exact) mass is 741 g/mol. The van der Waals surface area contributed by atoms with Gasteiger partial charge in [0.2, 0.25) is 6.79 Å². The van der Waals surface area contributed by atoms with Gasteiger partial charge < -0.3 is 38.3 Å². The number of benzene rings is 3. The van der Waals surface area contributed by atoms with E-state index < -0.39 is 23.8 Å². The lowest BCUT2D eigenvalue weighted by atomic mass is 9.72. The number of rotatable bonds is 2. The number of nitrogens with one attached hydrogen (secondary N) is 1. The third kappa shape index (κ3) is 4.31. The molecule has 8 heterocycles. The van der Waals surface area contributed by atoms with Crippen molar-refractivity contribution < 1.29 is 43.1 Å². The number of esters is 1. The molecule has 4 aromatic rings. The first-order valence-corrected chi connectivity index (χ1v) is 19.3. The normalized spacial score (nSPS) is 30.1. The second kappa shape index (κ2) is 11.7. The van der Waals surface area contributed by atoms with Crippen LogP contribution in [0, 0.1) is 20.8 Å². The first kappa shape index (κ1) is 33.4. The number of piperazine rings is 1. The molecule has 7 aliphatic rings. The molecule has 1 aromatic heterocycles. The molecule has 0 unspecified atom stereocenters. The highest BCUT2D eigenvalue weighted by atomic mass is 32.2. The lowest BCUT2D eigenvalue weighted by Gasteiger charge is -2.62. The summed E-state index contributed by atoms with van der Waals surface area (Å²) in [6, 6.07) is 6.26. The minimum atomic E-state index is -1.28. The van der Waals surface area contributed by atoms with Gasteiger partial charge in [-0.2, -0.15) is 0 Å². The van der Waals surface area contributed by atoms with Crippen molar-refractivity contribution in [2.75, 3.05) is 47.0 Å². The number of likely N-dealkylation sites (N-methyl/N-ethyl adjacent to an activating group) is 1. The zero-order valence-electron chi connectivity index (χ0n) is 30.6. The number of phenolic OH excluding ortho intramolecular Hbond substituents is 1. The highest BCUT2D eigenvalue weighted by Crippen LogP contribution is 2.63. The molecule has 0 radical (unpaired) electrons. The molecular formula is C40H43N3O9S. The van der Waals surface area contributed by atoms with Gasteiger partial charge in [0.25, 0.3) is 0 Å². The van der Waals surface area contributed by atoms with Crippen LogP contribution in [0.5, 0.6) is 28.7 Å². The van der Waals surface area contributed by atoms with Gasteiger partial charge in [-0.3, -0.25) is 15.1 Å². The summed E-state index contributed by atoms with van der Waals surface area (Å²) in [5, 5.41) is 28.8. The number of carbonyl (C=O) groups excluding carboxylic acids is 1. The number of fused-ring (bicyclic) bond motifs is 11. The number of aromatic hydroxyl groups is 1. The van der Waals surface area contributed by atoms with Crippen LogP contribution in [-0.4, -0.2) is 91.3 Å². The van der Waals surface area contributed by atoms with E-state index in [1.807, 2.05) is 32.2 Å². The Balaban J connectivity index is 1.21. The third-order valence-corrected chi connectivity index (χ3v) is 14.4. The number of thioether (sulfide) groups is 1. The number of nitrogens with zero attached hydrogens (tertiary/aromatic N) is 2. The molecule has 0 amide bonds. The second-order valence-corrected chi connectivity index (χ2v) is 16.4. The van der Waals surface area contributed by atoms with Crippen LogP contribution in [0.25, 0.3) is 11.0 Å². The number of hydrogen-bond acceptors (Lipinski definition) is 13. The van der Waals surface area contributed by atoms with Crippen LogP contribution in [0.1, 0.15) is 67.6 Å². The topological polar surface area (TPSA) is 135 Å². The number of aryl methyl sites for hydroxylation is 1. The lowest BCUT2D eigenvalue weighted by molar-refractivity contribution is -0.186. The summed E-state index contributed by atoms with van der Waals surface area (Å²) in [7, 11) is 5.27. The Morgan fingerprint density at radius 3 is 2.62 bits per heavy atom.